The first-order chi connectivity index (χ1) is 11.7. The van der Waals surface area contributed by atoms with Gasteiger partial charge in [0.05, 0.1) is 12.2 Å². The number of anilines is 1. The van der Waals surface area contributed by atoms with Gasteiger partial charge in [0.15, 0.2) is 0 Å². The lowest BCUT2D eigenvalue weighted by Gasteiger charge is -2.11. The SMILES string of the molecule is CCc1ccccc1NC(=O)C(=O)NCc1cn2c(n1)CCCC2. The number of nitrogens with one attached hydrogen (secondary N) is 2. The molecule has 1 aliphatic heterocycles. The lowest BCUT2D eigenvalue weighted by atomic mass is 10.1. The van der Waals surface area contributed by atoms with Gasteiger partial charge >= 0.3 is 11.8 Å². The van der Waals surface area contributed by atoms with Gasteiger partial charge in [-0.15, -0.1) is 0 Å². The molecule has 24 heavy (non-hydrogen) atoms. The highest BCUT2D eigenvalue weighted by atomic mass is 16.2. The molecule has 2 N–H and O–H groups in total. The number of hydrogen-bond donors (Lipinski definition) is 2. The zero-order valence-corrected chi connectivity index (χ0v) is 13.8. The molecule has 0 atom stereocenters. The number of para-hydroxylation sites is 1. The van der Waals surface area contributed by atoms with Crippen LogP contribution in [-0.2, 0) is 35.5 Å². The first-order valence-electron chi connectivity index (χ1n) is 8.39. The van der Waals surface area contributed by atoms with E-state index < -0.39 is 11.8 Å². The lowest BCUT2D eigenvalue weighted by molar-refractivity contribution is -0.136. The van der Waals surface area contributed by atoms with Crippen LogP contribution >= 0.6 is 0 Å². The molecular formula is C18H22N4O2. The average molecular weight is 326 g/mol. The highest BCUT2D eigenvalue weighted by Crippen LogP contribution is 2.16. The minimum absolute atomic E-state index is 0.266. The lowest BCUT2D eigenvalue weighted by Crippen LogP contribution is -2.35. The highest BCUT2D eigenvalue weighted by Gasteiger charge is 2.16. The Morgan fingerprint density at radius 2 is 2.04 bits per heavy atom. The summed E-state index contributed by atoms with van der Waals surface area (Å²) in [6.07, 6.45) is 6.04. The van der Waals surface area contributed by atoms with E-state index in [0.717, 1.165) is 49.3 Å². The summed E-state index contributed by atoms with van der Waals surface area (Å²) in [6.45, 7) is 3.25. The fraction of sp³-hybridized carbons (Fsp3) is 0.389. The number of nitrogens with zero attached hydrogens (tertiary/aromatic N) is 2. The molecule has 6 heteroatoms. The van der Waals surface area contributed by atoms with E-state index in [2.05, 4.69) is 20.2 Å². The molecule has 2 amide bonds. The largest absolute Gasteiger partial charge is 0.342 e. The topological polar surface area (TPSA) is 76.0 Å². The van der Waals surface area contributed by atoms with Crippen LogP contribution in [-0.4, -0.2) is 21.4 Å². The van der Waals surface area contributed by atoms with Crippen LogP contribution in [0.1, 0.15) is 36.8 Å². The fourth-order valence-electron chi connectivity index (χ4n) is 2.94. The molecule has 0 fully saturated rings. The minimum atomic E-state index is -0.653. The van der Waals surface area contributed by atoms with Gasteiger partial charge in [0.2, 0.25) is 0 Å². The van der Waals surface area contributed by atoms with Crippen molar-refractivity contribution in [2.75, 3.05) is 5.32 Å². The van der Waals surface area contributed by atoms with E-state index >= 15 is 0 Å². The van der Waals surface area contributed by atoms with Gasteiger partial charge in [-0.25, -0.2) is 4.98 Å². The number of fused-ring (bicyclic) bond motifs is 1. The number of aromatic nitrogens is 2. The molecule has 3 rings (SSSR count). The third-order valence-corrected chi connectivity index (χ3v) is 4.24. The molecule has 1 aromatic heterocycles. The Kier molecular flexibility index (Phi) is 4.93. The molecule has 1 aliphatic rings. The van der Waals surface area contributed by atoms with Gasteiger partial charge in [0.25, 0.3) is 0 Å². The maximum Gasteiger partial charge on any atom is 0.313 e. The number of rotatable bonds is 4. The third kappa shape index (κ3) is 3.64. The quantitative estimate of drug-likeness (QED) is 0.844. The maximum absolute atomic E-state index is 12.0. The van der Waals surface area contributed by atoms with Crippen molar-refractivity contribution < 1.29 is 9.59 Å². The first-order valence-corrected chi connectivity index (χ1v) is 8.39. The molecule has 0 radical (unpaired) electrons. The minimum Gasteiger partial charge on any atom is -0.342 e. The summed E-state index contributed by atoms with van der Waals surface area (Å²) in [4.78, 5) is 28.6. The Labute approximate surface area is 141 Å². The second kappa shape index (κ2) is 7.29. The van der Waals surface area contributed by atoms with Crippen molar-refractivity contribution in [2.45, 2.75) is 45.7 Å². The number of amides is 2. The number of carbonyl (C=O) groups excluding carboxylic acids is 2. The summed E-state index contributed by atoms with van der Waals surface area (Å²) in [5.41, 5.74) is 2.47. The normalized spacial score (nSPS) is 13.2. The standard InChI is InChI=1S/C18H22N4O2/c1-2-13-7-3-4-8-15(13)21-18(24)17(23)19-11-14-12-22-10-6-5-9-16(22)20-14/h3-4,7-8,12H,2,5-6,9-11H2,1H3,(H,19,23)(H,21,24). The van der Waals surface area contributed by atoms with E-state index in [1.807, 2.05) is 31.3 Å². The van der Waals surface area contributed by atoms with Gasteiger partial charge in [-0.1, -0.05) is 25.1 Å². The van der Waals surface area contributed by atoms with Gasteiger partial charge in [0, 0.05) is 24.8 Å². The molecule has 0 saturated carbocycles. The number of hydrogen-bond acceptors (Lipinski definition) is 3. The van der Waals surface area contributed by atoms with E-state index in [9.17, 15) is 9.59 Å². The van der Waals surface area contributed by atoms with Gasteiger partial charge in [0.1, 0.15) is 5.82 Å². The van der Waals surface area contributed by atoms with Crippen molar-refractivity contribution in [1.82, 2.24) is 14.9 Å². The molecule has 2 aromatic rings. The summed E-state index contributed by atoms with van der Waals surface area (Å²) >= 11 is 0. The van der Waals surface area contributed by atoms with E-state index in [1.54, 1.807) is 6.07 Å². The van der Waals surface area contributed by atoms with E-state index in [1.165, 1.54) is 0 Å². The number of carbonyl (C=O) groups is 2. The maximum atomic E-state index is 12.0. The predicted octanol–water partition coefficient (Wildman–Crippen LogP) is 2.04. The molecule has 1 aromatic carbocycles. The Morgan fingerprint density at radius 3 is 2.83 bits per heavy atom. The second-order valence-electron chi connectivity index (χ2n) is 5.95. The van der Waals surface area contributed by atoms with E-state index in [0.29, 0.717) is 5.69 Å². The Balaban J connectivity index is 1.56. The molecule has 126 valence electrons. The molecule has 0 saturated heterocycles. The third-order valence-electron chi connectivity index (χ3n) is 4.24. The van der Waals surface area contributed by atoms with Gasteiger partial charge in [-0.3, -0.25) is 9.59 Å². The van der Waals surface area contributed by atoms with Crippen LogP contribution in [0.5, 0.6) is 0 Å². The van der Waals surface area contributed by atoms with Crippen LogP contribution < -0.4 is 10.6 Å². The Hall–Kier alpha value is -2.63. The number of benzene rings is 1. The smallest absolute Gasteiger partial charge is 0.313 e. The Morgan fingerprint density at radius 1 is 1.21 bits per heavy atom. The van der Waals surface area contributed by atoms with Crippen LogP contribution in [0.25, 0.3) is 0 Å². The predicted molar refractivity (Wildman–Crippen MR) is 91.5 cm³/mol. The van der Waals surface area contributed by atoms with E-state index in [4.69, 9.17) is 0 Å². The number of imidazole rings is 1. The van der Waals surface area contributed by atoms with E-state index in [-0.39, 0.29) is 6.54 Å². The molecule has 0 spiro atoms. The summed E-state index contributed by atoms with van der Waals surface area (Å²) in [5, 5.41) is 5.31. The molecular weight excluding hydrogens is 304 g/mol. The van der Waals surface area contributed by atoms with Crippen molar-refractivity contribution in [2.24, 2.45) is 0 Å². The second-order valence-corrected chi connectivity index (χ2v) is 5.95. The van der Waals surface area contributed by atoms with Crippen molar-refractivity contribution >= 4 is 17.5 Å². The molecule has 0 aliphatic carbocycles. The van der Waals surface area contributed by atoms with Crippen LogP contribution in [0.15, 0.2) is 30.5 Å². The van der Waals surface area contributed by atoms with Crippen molar-refractivity contribution in [3.8, 4) is 0 Å². The van der Waals surface area contributed by atoms with Crippen LogP contribution in [0.4, 0.5) is 5.69 Å². The van der Waals surface area contributed by atoms with Crippen LogP contribution in [0.2, 0.25) is 0 Å². The van der Waals surface area contributed by atoms with Crippen LogP contribution in [0.3, 0.4) is 0 Å². The zero-order valence-electron chi connectivity index (χ0n) is 13.8. The zero-order chi connectivity index (χ0) is 16.9. The van der Waals surface area contributed by atoms with Crippen molar-refractivity contribution in [3.63, 3.8) is 0 Å². The number of aryl methyl sites for hydroxylation is 3. The molecule has 2 heterocycles. The molecule has 0 unspecified atom stereocenters. The molecule has 0 bridgehead atoms. The molecule has 6 nitrogen and oxygen atoms in total. The highest BCUT2D eigenvalue weighted by molar-refractivity contribution is 6.39. The average Bonchev–Trinajstić information content (AvgIpc) is 3.03. The Bertz CT molecular complexity index is 728. The van der Waals surface area contributed by atoms with Gasteiger partial charge in [-0.2, -0.15) is 0 Å². The van der Waals surface area contributed by atoms with Crippen molar-refractivity contribution in [1.29, 1.82) is 0 Å². The van der Waals surface area contributed by atoms with Crippen LogP contribution in [0, 0.1) is 0 Å². The first kappa shape index (κ1) is 16.2. The monoisotopic (exact) mass is 326 g/mol. The van der Waals surface area contributed by atoms with Gasteiger partial charge < -0.3 is 15.2 Å². The van der Waals surface area contributed by atoms with Crippen molar-refractivity contribution in [3.05, 3.63) is 47.5 Å². The van der Waals surface area contributed by atoms with Gasteiger partial charge in [-0.05, 0) is 30.9 Å². The summed E-state index contributed by atoms with van der Waals surface area (Å²) in [5.74, 6) is -0.237. The summed E-state index contributed by atoms with van der Waals surface area (Å²) in [6, 6.07) is 7.48. The summed E-state index contributed by atoms with van der Waals surface area (Å²) < 4.78 is 2.13. The summed E-state index contributed by atoms with van der Waals surface area (Å²) in [7, 11) is 0. The fourth-order valence-corrected chi connectivity index (χ4v) is 2.94.